The average molecular weight is 253 g/mol. The van der Waals surface area contributed by atoms with E-state index in [0.29, 0.717) is 5.56 Å². The molecule has 2 rings (SSSR count). The van der Waals surface area contributed by atoms with Gasteiger partial charge in [-0.2, -0.15) is 0 Å². The van der Waals surface area contributed by atoms with Crippen LogP contribution in [0.1, 0.15) is 0 Å². The van der Waals surface area contributed by atoms with Crippen LogP contribution < -0.4 is 5.32 Å². The largest absolute Gasteiger partial charge is 0.508 e. The minimum absolute atomic E-state index is 0.0350. The van der Waals surface area contributed by atoms with Crippen LogP contribution in [0.3, 0.4) is 0 Å². The molecule has 0 aliphatic carbocycles. The van der Waals surface area contributed by atoms with Crippen LogP contribution in [-0.2, 0) is 0 Å². The molecule has 0 radical (unpaired) electrons. The molecule has 0 unspecified atom stereocenters. The first-order valence-corrected chi connectivity index (χ1v) is 5.19. The lowest BCUT2D eigenvalue weighted by Gasteiger charge is -2.11. The van der Waals surface area contributed by atoms with Crippen molar-refractivity contribution in [2.24, 2.45) is 0 Å². The van der Waals surface area contributed by atoms with E-state index in [4.69, 9.17) is 5.11 Å². The van der Waals surface area contributed by atoms with Crippen LogP contribution in [-0.4, -0.2) is 12.2 Å². The first kappa shape index (κ1) is 12.3. The molecule has 0 heterocycles. The zero-order chi connectivity index (χ0) is 13.3. The molecule has 18 heavy (non-hydrogen) atoms. The molecular weight excluding hydrogens is 243 g/mol. The lowest BCUT2D eigenvalue weighted by molar-refractivity contribution is 0.449. The lowest BCUT2D eigenvalue weighted by Crippen LogP contribution is -2.01. The predicted molar refractivity (Wildman–Crippen MR) is 63.0 cm³/mol. The van der Waals surface area contributed by atoms with Crippen molar-refractivity contribution in [1.82, 2.24) is 0 Å². The maximum atomic E-state index is 13.6. The number of hydrogen-bond donors (Lipinski definition) is 2. The number of rotatable bonds is 2. The lowest BCUT2D eigenvalue weighted by atomic mass is 10.0. The number of anilines is 1. The molecule has 0 aliphatic heterocycles. The van der Waals surface area contributed by atoms with E-state index in [0.717, 1.165) is 6.07 Å². The molecule has 0 amide bonds. The Kier molecular flexibility index (Phi) is 3.14. The zero-order valence-electron chi connectivity index (χ0n) is 9.47. The number of phenolic OH excluding ortho intramolecular Hbond substituents is 1. The maximum Gasteiger partial charge on any atom is 0.196 e. The van der Waals surface area contributed by atoms with Crippen LogP contribution in [0, 0.1) is 17.5 Å². The summed E-state index contributed by atoms with van der Waals surface area (Å²) in [6.07, 6.45) is 0. The van der Waals surface area contributed by atoms with Gasteiger partial charge in [0, 0.05) is 12.6 Å². The van der Waals surface area contributed by atoms with Gasteiger partial charge in [-0.3, -0.25) is 0 Å². The molecule has 2 N–H and O–H groups in total. The first-order chi connectivity index (χ1) is 8.54. The van der Waals surface area contributed by atoms with E-state index < -0.39 is 17.5 Å². The van der Waals surface area contributed by atoms with E-state index in [2.05, 4.69) is 5.32 Å². The minimum atomic E-state index is -1.51. The van der Waals surface area contributed by atoms with Gasteiger partial charge in [0.15, 0.2) is 17.5 Å². The molecule has 2 aromatic carbocycles. The number of halogens is 3. The average Bonchev–Trinajstić information content (AvgIpc) is 2.37. The van der Waals surface area contributed by atoms with Gasteiger partial charge >= 0.3 is 0 Å². The van der Waals surface area contributed by atoms with Crippen molar-refractivity contribution in [3.05, 3.63) is 47.8 Å². The van der Waals surface area contributed by atoms with E-state index in [1.807, 2.05) is 0 Å². The van der Waals surface area contributed by atoms with E-state index in [1.165, 1.54) is 31.3 Å². The van der Waals surface area contributed by atoms with Crippen molar-refractivity contribution in [2.45, 2.75) is 0 Å². The van der Waals surface area contributed by atoms with Crippen LogP contribution in [0.4, 0.5) is 18.9 Å². The fourth-order valence-corrected chi connectivity index (χ4v) is 1.71. The van der Waals surface area contributed by atoms with Crippen molar-refractivity contribution in [3.8, 4) is 16.9 Å². The third-order valence-electron chi connectivity index (χ3n) is 2.59. The van der Waals surface area contributed by atoms with E-state index >= 15 is 0 Å². The Morgan fingerprint density at radius 2 is 1.61 bits per heavy atom. The van der Waals surface area contributed by atoms with Crippen molar-refractivity contribution in [2.75, 3.05) is 12.4 Å². The fraction of sp³-hybridized carbons (Fsp3) is 0.0769. The van der Waals surface area contributed by atoms with Gasteiger partial charge < -0.3 is 10.4 Å². The van der Waals surface area contributed by atoms with Crippen LogP contribution in [0.25, 0.3) is 11.1 Å². The summed E-state index contributed by atoms with van der Waals surface area (Å²) in [6.45, 7) is 0. The molecular formula is C13H10F3NO. The molecule has 2 aromatic rings. The third kappa shape index (κ3) is 1.99. The summed E-state index contributed by atoms with van der Waals surface area (Å²) in [7, 11) is 1.42. The zero-order valence-corrected chi connectivity index (χ0v) is 9.47. The number of hydrogen-bond acceptors (Lipinski definition) is 2. The van der Waals surface area contributed by atoms with Gasteiger partial charge in [0.2, 0.25) is 0 Å². The summed E-state index contributed by atoms with van der Waals surface area (Å²) >= 11 is 0. The topological polar surface area (TPSA) is 32.3 Å². The van der Waals surface area contributed by atoms with Gasteiger partial charge in [0.05, 0.1) is 5.69 Å². The fourth-order valence-electron chi connectivity index (χ4n) is 1.71. The van der Waals surface area contributed by atoms with Gasteiger partial charge in [-0.1, -0.05) is 12.1 Å². The Bertz CT molecular complexity index is 582. The van der Waals surface area contributed by atoms with Gasteiger partial charge in [-0.25, -0.2) is 13.2 Å². The molecule has 0 bridgehead atoms. The number of nitrogens with one attached hydrogen (secondary N) is 1. The summed E-state index contributed by atoms with van der Waals surface area (Å²) in [6, 6.07) is 6.66. The van der Waals surface area contributed by atoms with Crippen molar-refractivity contribution in [1.29, 1.82) is 0 Å². The molecule has 0 atom stereocenters. The van der Waals surface area contributed by atoms with Crippen molar-refractivity contribution >= 4 is 5.69 Å². The smallest absolute Gasteiger partial charge is 0.196 e. The van der Waals surface area contributed by atoms with Gasteiger partial charge in [0.1, 0.15) is 5.75 Å². The monoisotopic (exact) mass is 253 g/mol. The SMILES string of the molecule is CNc1c(-c2ccc(O)cc2)cc(F)c(F)c1F. The summed E-state index contributed by atoms with van der Waals surface area (Å²) in [5.41, 5.74) is 0.531. The standard InChI is InChI=1S/C13H10F3NO/c1-17-13-9(6-10(14)11(15)12(13)16)7-2-4-8(18)5-3-7/h2-6,17-18H,1H3. The summed E-state index contributed by atoms with van der Waals surface area (Å²) < 4.78 is 39.9. The Hall–Kier alpha value is -2.17. The second kappa shape index (κ2) is 4.60. The number of benzene rings is 2. The molecule has 5 heteroatoms. The van der Waals surface area contributed by atoms with E-state index in [1.54, 1.807) is 0 Å². The Morgan fingerprint density at radius 1 is 1.00 bits per heavy atom. The van der Waals surface area contributed by atoms with E-state index in [-0.39, 0.29) is 17.0 Å². The van der Waals surface area contributed by atoms with Crippen LogP contribution >= 0.6 is 0 Å². The molecule has 0 aliphatic rings. The highest BCUT2D eigenvalue weighted by atomic mass is 19.2. The number of phenols is 1. The normalized spacial score (nSPS) is 10.4. The van der Waals surface area contributed by atoms with Crippen molar-refractivity contribution in [3.63, 3.8) is 0 Å². The highest BCUT2D eigenvalue weighted by Gasteiger charge is 2.18. The molecule has 0 spiro atoms. The maximum absolute atomic E-state index is 13.6. The second-order valence-electron chi connectivity index (χ2n) is 3.71. The molecule has 0 fully saturated rings. The first-order valence-electron chi connectivity index (χ1n) is 5.19. The van der Waals surface area contributed by atoms with Crippen LogP contribution in [0.5, 0.6) is 5.75 Å². The Labute approximate surface area is 102 Å². The second-order valence-corrected chi connectivity index (χ2v) is 3.71. The molecule has 0 saturated carbocycles. The quantitative estimate of drug-likeness (QED) is 0.802. The predicted octanol–water partition coefficient (Wildman–Crippen LogP) is 3.52. The third-order valence-corrected chi connectivity index (χ3v) is 2.59. The van der Waals surface area contributed by atoms with E-state index in [9.17, 15) is 13.2 Å². The van der Waals surface area contributed by atoms with Crippen LogP contribution in [0.2, 0.25) is 0 Å². The van der Waals surface area contributed by atoms with Gasteiger partial charge in [0.25, 0.3) is 0 Å². The summed E-state index contributed by atoms with van der Waals surface area (Å²) in [5.74, 6) is -4.00. The minimum Gasteiger partial charge on any atom is -0.508 e. The Balaban J connectivity index is 2.67. The number of aromatic hydroxyl groups is 1. The summed E-state index contributed by atoms with van der Waals surface area (Å²) in [5, 5.41) is 11.7. The molecule has 0 aromatic heterocycles. The molecule has 0 saturated heterocycles. The highest BCUT2D eigenvalue weighted by Crippen LogP contribution is 2.33. The van der Waals surface area contributed by atoms with Gasteiger partial charge in [-0.05, 0) is 23.8 Å². The molecule has 94 valence electrons. The summed E-state index contributed by atoms with van der Waals surface area (Å²) in [4.78, 5) is 0. The molecule has 2 nitrogen and oxygen atoms in total. The highest BCUT2D eigenvalue weighted by molar-refractivity contribution is 5.78. The Morgan fingerprint density at radius 3 is 2.17 bits per heavy atom. The van der Waals surface area contributed by atoms with Gasteiger partial charge in [-0.15, -0.1) is 0 Å². The van der Waals surface area contributed by atoms with Crippen molar-refractivity contribution < 1.29 is 18.3 Å². The van der Waals surface area contributed by atoms with Crippen LogP contribution in [0.15, 0.2) is 30.3 Å².